The average molecular weight is 509 g/mol. The van der Waals surface area contributed by atoms with Gasteiger partial charge in [0, 0.05) is 36.2 Å². The van der Waals surface area contributed by atoms with E-state index >= 15 is 0 Å². The summed E-state index contributed by atoms with van der Waals surface area (Å²) in [6.45, 7) is 4.92. The van der Waals surface area contributed by atoms with Gasteiger partial charge in [-0.2, -0.15) is 0 Å². The molecule has 7 atom stereocenters. The highest BCUT2D eigenvalue weighted by Gasteiger charge is 2.61. The van der Waals surface area contributed by atoms with Crippen LogP contribution in [0.4, 0.5) is 0 Å². The van der Waals surface area contributed by atoms with Crippen molar-refractivity contribution in [3.8, 4) is 0 Å². The number of allylic oxidation sites excluding steroid dienone is 1. The minimum Gasteiger partial charge on any atom is -0.458 e. The molecule has 0 aromatic heterocycles. The normalized spacial score (nSPS) is 36.4. The van der Waals surface area contributed by atoms with Gasteiger partial charge in [0.25, 0.3) is 0 Å². The molecular formula is C30H36O7. The van der Waals surface area contributed by atoms with Gasteiger partial charge in [0.2, 0.25) is 0 Å². The first-order chi connectivity index (χ1) is 17.4. The van der Waals surface area contributed by atoms with Crippen molar-refractivity contribution in [2.75, 3.05) is 0 Å². The molecule has 3 aliphatic rings. The molecule has 0 aliphatic heterocycles. The summed E-state index contributed by atoms with van der Waals surface area (Å²) < 4.78 is 5.93. The Morgan fingerprint density at radius 3 is 2.54 bits per heavy atom. The van der Waals surface area contributed by atoms with Gasteiger partial charge >= 0.3 is 5.97 Å². The number of hydrogen-bond acceptors (Lipinski definition) is 7. The van der Waals surface area contributed by atoms with Crippen molar-refractivity contribution in [1.82, 2.24) is 0 Å². The fourth-order valence-electron chi connectivity index (χ4n) is 6.74. The van der Waals surface area contributed by atoms with Crippen molar-refractivity contribution in [2.45, 2.75) is 77.1 Å². The molecule has 0 unspecified atom stereocenters. The maximum atomic E-state index is 13.3. The summed E-state index contributed by atoms with van der Waals surface area (Å²) in [5.74, 6) is -2.62. The number of ether oxygens (including phenoxy) is 1. The van der Waals surface area contributed by atoms with Crippen LogP contribution in [0.15, 0.2) is 48.6 Å². The Kier molecular flexibility index (Phi) is 7.41. The van der Waals surface area contributed by atoms with Crippen molar-refractivity contribution in [3.05, 3.63) is 54.1 Å². The maximum Gasteiger partial charge on any atom is 0.331 e. The van der Waals surface area contributed by atoms with E-state index in [9.17, 15) is 29.4 Å². The summed E-state index contributed by atoms with van der Waals surface area (Å²) in [4.78, 5) is 52.1. The molecule has 0 saturated heterocycles. The van der Waals surface area contributed by atoms with Gasteiger partial charge in [-0.15, -0.1) is 0 Å². The molecule has 2 saturated carbocycles. The molecule has 7 heteroatoms. The zero-order valence-corrected chi connectivity index (χ0v) is 21.7. The van der Waals surface area contributed by atoms with Crippen LogP contribution in [0.2, 0.25) is 0 Å². The fourth-order valence-corrected chi connectivity index (χ4v) is 6.74. The molecule has 198 valence electrons. The standard InChI is InChI=1S/C30H36O7/c1-19(31)22-10-11-25(34)29(22,3)26(37-27(35)12-9-20-7-5-4-6-8-20)17-23-24(33)14-16-30(36)18-21(32)13-15-28(23,30)2/h4-9,12,14,16,21-23,26,32,36H,10-11,13,15,17-18H2,1-3H3/b12-9-/t21-,22+,23-,26+,28+,29+,30-/m0/s1. The highest BCUT2D eigenvalue weighted by Crippen LogP contribution is 2.56. The zero-order valence-electron chi connectivity index (χ0n) is 21.7. The van der Waals surface area contributed by atoms with Gasteiger partial charge in [0.05, 0.1) is 17.1 Å². The van der Waals surface area contributed by atoms with Gasteiger partial charge in [0.15, 0.2) is 5.78 Å². The van der Waals surface area contributed by atoms with Crippen LogP contribution in [-0.4, -0.2) is 51.3 Å². The Hall–Kier alpha value is -2.90. The Morgan fingerprint density at radius 2 is 1.86 bits per heavy atom. The minimum absolute atomic E-state index is 0.00494. The molecule has 37 heavy (non-hydrogen) atoms. The molecule has 0 amide bonds. The number of hydrogen-bond donors (Lipinski definition) is 2. The number of aliphatic hydroxyl groups excluding tert-OH is 1. The molecule has 0 spiro atoms. The number of rotatable bonds is 7. The second-order valence-corrected chi connectivity index (χ2v) is 11.3. The van der Waals surface area contributed by atoms with Crippen molar-refractivity contribution in [2.24, 2.45) is 22.7 Å². The minimum atomic E-state index is -1.41. The summed E-state index contributed by atoms with van der Waals surface area (Å²) >= 11 is 0. The number of esters is 1. The number of carbonyl (C=O) groups excluding carboxylic acids is 4. The third-order valence-electron chi connectivity index (χ3n) is 9.23. The third kappa shape index (κ3) is 4.87. The molecule has 4 rings (SSSR count). The first kappa shape index (κ1) is 27.1. The molecule has 1 aromatic carbocycles. The Labute approximate surface area is 217 Å². The number of fused-ring (bicyclic) bond motifs is 1. The van der Waals surface area contributed by atoms with E-state index in [1.54, 1.807) is 13.0 Å². The lowest BCUT2D eigenvalue weighted by atomic mass is 9.52. The van der Waals surface area contributed by atoms with Gasteiger partial charge in [-0.3, -0.25) is 14.4 Å². The highest BCUT2D eigenvalue weighted by atomic mass is 16.5. The number of ketones is 3. The molecule has 2 fully saturated rings. The quantitative estimate of drug-likeness (QED) is 0.427. The van der Waals surface area contributed by atoms with Gasteiger partial charge in [-0.05, 0) is 63.3 Å². The predicted molar refractivity (Wildman–Crippen MR) is 137 cm³/mol. The van der Waals surface area contributed by atoms with Crippen molar-refractivity contribution < 1.29 is 34.1 Å². The number of benzene rings is 1. The van der Waals surface area contributed by atoms with Crippen LogP contribution in [0, 0.1) is 22.7 Å². The van der Waals surface area contributed by atoms with Crippen LogP contribution in [0.25, 0.3) is 6.08 Å². The molecule has 0 heterocycles. The lowest BCUT2D eigenvalue weighted by Crippen LogP contribution is -2.59. The van der Waals surface area contributed by atoms with Crippen molar-refractivity contribution in [1.29, 1.82) is 0 Å². The molecule has 3 aliphatic carbocycles. The SMILES string of the molecule is CC(=O)[C@H]1CCC(=O)[C@]1(C)[C@@H](C[C@H]1C(=O)C=C[C@]2(O)C[C@@H](O)CC[C@]12C)OC(=O)/C=C\c1ccccc1. The van der Waals surface area contributed by atoms with Crippen LogP contribution in [-0.2, 0) is 23.9 Å². The lowest BCUT2D eigenvalue weighted by molar-refractivity contribution is -0.172. The van der Waals surface area contributed by atoms with Crippen molar-refractivity contribution >= 4 is 29.4 Å². The van der Waals surface area contributed by atoms with E-state index in [1.807, 2.05) is 37.3 Å². The second kappa shape index (κ2) is 10.1. The molecular weight excluding hydrogens is 472 g/mol. The molecule has 7 nitrogen and oxygen atoms in total. The maximum absolute atomic E-state index is 13.3. The number of aliphatic hydroxyl groups is 2. The van der Waals surface area contributed by atoms with E-state index in [0.29, 0.717) is 19.3 Å². The third-order valence-corrected chi connectivity index (χ3v) is 9.23. The number of carbonyl (C=O) groups is 4. The summed E-state index contributed by atoms with van der Waals surface area (Å²) in [6.07, 6.45) is 5.43. The summed E-state index contributed by atoms with van der Waals surface area (Å²) in [6, 6.07) is 9.22. The molecule has 0 bridgehead atoms. The van der Waals surface area contributed by atoms with E-state index in [2.05, 4.69) is 0 Å². The van der Waals surface area contributed by atoms with Crippen molar-refractivity contribution in [3.63, 3.8) is 0 Å². The van der Waals surface area contributed by atoms with Crippen LogP contribution in [0.1, 0.15) is 64.9 Å². The molecule has 0 radical (unpaired) electrons. The highest BCUT2D eigenvalue weighted by molar-refractivity contribution is 5.97. The van der Waals surface area contributed by atoms with E-state index < -0.39 is 46.4 Å². The predicted octanol–water partition coefficient (Wildman–Crippen LogP) is 3.61. The fraction of sp³-hybridized carbons (Fsp3) is 0.533. The Morgan fingerprint density at radius 1 is 1.16 bits per heavy atom. The van der Waals surface area contributed by atoms with E-state index in [4.69, 9.17) is 4.74 Å². The van der Waals surface area contributed by atoms with Gasteiger partial charge < -0.3 is 14.9 Å². The zero-order chi connectivity index (χ0) is 27.0. The summed E-state index contributed by atoms with van der Waals surface area (Å²) in [5, 5.41) is 21.7. The van der Waals surface area contributed by atoms with Crippen LogP contribution >= 0.6 is 0 Å². The van der Waals surface area contributed by atoms with E-state index in [1.165, 1.54) is 25.2 Å². The first-order valence-electron chi connectivity index (χ1n) is 13.0. The van der Waals surface area contributed by atoms with Gasteiger partial charge in [-0.1, -0.05) is 37.3 Å². The molecule has 2 N–H and O–H groups in total. The van der Waals surface area contributed by atoms with E-state index in [0.717, 1.165) is 5.56 Å². The lowest BCUT2D eigenvalue weighted by Gasteiger charge is -2.54. The average Bonchev–Trinajstić information content (AvgIpc) is 3.16. The van der Waals surface area contributed by atoms with E-state index in [-0.39, 0.29) is 36.6 Å². The Bertz CT molecular complexity index is 1140. The van der Waals surface area contributed by atoms with Crippen LogP contribution in [0.5, 0.6) is 0 Å². The Balaban J connectivity index is 1.69. The van der Waals surface area contributed by atoms with Gasteiger partial charge in [-0.25, -0.2) is 4.79 Å². The van der Waals surface area contributed by atoms with Crippen LogP contribution < -0.4 is 0 Å². The monoisotopic (exact) mass is 508 g/mol. The summed E-state index contributed by atoms with van der Waals surface area (Å²) in [7, 11) is 0. The summed E-state index contributed by atoms with van der Waals surface area (Å²) in [5.41, 5.74) is -2.82. The topological polar surface area (TPSA) is 118 Å². The largest absolute Gasteiger partial charge is 0.458 e. The smallest absolute Gasteiger partial charge is 0.331 e. The number of Topliss-reactive ketones (excluding diaryl/α,β-unsaturated/α-hetero) is 2. The van der Waals surface area contributed by atoms with Crippen LogP contribution in [0.3, 0.4) is 0 Å². The molecule has 1 aromatic rings. The second-order valence-electron chi connectivity index (χ2n) is 11.3. The first-order valence-corrected chi connectivity index (χ1v) is 13.0. The van der Waals surface area contributed by atoms with Gasteiger partial charge in [0.1, 0.15) is 17.7 Å².